The number of carbonyl (C=O) groups is 1. The van der Waals surface area contributed by atoms with E-state index in [-0.39, 0.29) is 5.57 Å². The van der Waals surface area contributed by atoms with Crippen LogP contribution in [0.5, 0.6) is 0 Å². The molecule has 0 spiro atoms. The van der Waals surface area contributed by atoms with Crippen LogP contribution < -0.4 is 5.32 Å². The van der Waals surface area contributed by atoms with Crippen LogP contribution in [0.1, 0.15) is 33.4 Å². The molecule has 0 saturated heterocycles. The second-order valence-electron chi connectivity index (χ2n) is 7.51. The highest BCUT2D eigenvalue weighted by molar-refractivity contribution is 9.10. The van der Waals surface area contributed by atoms with Gasteiger partial charge in [-0.2, -0.15) is 5.26 Å². The number of nitriles is 1. The molecule has 0 heterocycles. The number of hydrogen-bond donors (Lipinski definition) is 1. The molecule has 3 aromatic rings. The van der Waals surface area contributed by atoms with Gasteiger partial charge in [0.2, 0.25) is 0 Å². The summed E-state index contributed by atoms with van der Waals surface area (Å²) >= 11 is 3.64. The number of nitrogens with zero attached hydrogens (tertiary/aromatic N) is 1. The average Bonchev–Trinajstić information content (AvgIpc) is 2.69. The summed E-state index contributed by atoms with van der Waals surface area (Å²) in [5.41, 5.74) is 7.53. The van der Waals surface area contributed by atoms with Gasteiger partial charge in [0.15, 0.2) is 0 Å². The lowest BCUT2D eigenvalue weighted by atomic mass is 9.99. The topological polar surface area (TPSA) is 52.9 Å². The number of amides is 1. The van der Waals surface area contributed by atoms with Crippen LogP contribution in [-0.2, 0) is 11.2 Å². The van der Waals surface area contributed by atoms with Crippen molar-refractivity contribution in [1.82, 2.24) is 0 Å². The predicted molar refractivity (Wildman–Crippen MR) is 126 cm³/mol. The number of benzene rings is 3. The third kappa shape index (κ3) is 5.68. The summed E-state index contributed by atoms with van der Waals surface area (Å²) in [4.78, 5) is 12.5. The van der Waals surface area contributed by atoms with Crippen LogP contribution in [0.2, 0.25) is 0 Å². The molecule has 0 unspecified atom stereocenters. The predicted octanol–water partition coefficient (Wildman–Crippen LogP) is 6.51. The highest BCUT2D eigenvalue weighted by atomic mass is 79.9. The van der Waals surface area contributed by atoms with Gasteiger partial charge in [-0.05, 0) is 68.2 Å². The van der Waals surface area contributed by atoms with Gasteiger partial charge in [0.05, 0.1) is 0 Å². The fraction of sp³-hybridized carbons (Fsp3) is 0.154. The lowest BCUT2D eigenvalue weighted by molar-refractivity contribution is -0.112. The normalized spacial score (nSPS) is 11.1. The Kier molecular flexibility index (Phi) is 6.87. The minimum absolute atomic E-state index is 0.0598. The van der Waals surface area contributed by atoms with E-state index in [4.69, 9.17) is 0 Å². The van der Waals surface area contributed by atoms with Gasteiger partial charge < -0.3 is 5.32 Å². The maximum absolute atomic E-state index is 12.5. The van der Waals surface area contributed by atoms with Crippen LogP contribution in [-0.4, -0.2) is 5.91 Å². The van der Waals surface area contributed by atoms with Gasteiger partial charge in [-0.25, -0.2) is 0 Å². The summed E-state index contributed by atoms with van der Waals surface area (Å²) in [6.07, 6.45) is 2.42. The van der Waals surface area contributed by atoms with Gasteiger partial charge in [-0.15, -0.1) is 0 Å². The highest BCUT2D eigenvalue weighted by Gasteiger charge is 2.10. The molecule has 0 saturated carbocycles. The minimum atomic E-state index is -0.420. The molecule has 3 rings (SSSR count). The first kappa shape index (κ1) is 21.5. The van der Waals surface area contributed by atoms with E-state index in [2.05, 4.69) is 53.3 Å². The Balaban J connectivity index is 1.78. The van der Waals surface area contributed by atoms with E-state index in [0.29, 0.717) is 5.69 Å². The molecular formula is C26H23BrN2O. The van der Waals surface area contributed by atoms with Crippen molar-refractivity contribution in [2.75, 3.05) is 5.32 Å². The fourth-order valence-electron chi connectivity index (χ4n) is 3.34. The Morgan fingerprint density at radius 1 is 0.967 bits per heavy atom. The Labute approximate surface area is 186 Å². The maximum atomic E-state index is 12.5. The number of carbonyl (C=O) groups excluding carboxylic acids is 1. The number of aryl methyl sites for hydroxylation is 3. The zero-order valence-corrected chi connectivity index (χ0v) is 18.9. The first-order chi connectivity index (χ1) is 14.3. The summed E-state index contributed by atoms with van der Waals surface area (Å²) in [6, 6.07) is 21.9. The second kappa shape index (κ2) is 9.56. The van der Waals surface area contributed by atoms with Crippen LogP contribution in [0.3, 0.4) is 0 Å². The molecule has 0 fully saturated rings. The van der Waals surface area contributed by atoms with Crippen molar-refractivity contribution in [1.29, 1.82) is 5.26 Å². The van der Waals surface area contributed by atoms with E-state index in [1.54, 1.807) is 6.08 Å². The molecule has 0 bridgehead atoms. The summed E-state index contributed by atoms with van der Waals surface area (Å²) in [5.74, 6) is -0.420. The smallest absolute Gasteiger partial charge is 0.266 e. The number of anilines is 1. The first-order valence-corrected chi connectivity index (χ1v) is 10.5. The van der Waals surface area contributed by atoms with E-state index >= 15 is 0 Å². The lowest BCUT2D eigenvalue weighted by Crippen LogP contribution is -2.13. The molecule has 0 aliphatic heterocycles. The number of nitrogens with one attached hydrogen (secondary N) is 1. The van der Waals surface area contributed by atoms with Gasteiger partial charge in [0.25, 0.3) is 5.91 Å². The standard InChI is InChI=1S/C26H23BrN2O/c1-17-4-8-24(9-5-17)29-26(30)23(16-28)13-20-6-7-22(25(27)15-20)14-21-11-18(2)10-19(3)12-21/h4-13,15H,14H2,1-3H3,(H,29,30)/b23-13+. The minimum Gasteiger partial charge on any atom is -0.321 e. The molecule has 3 aromatic carbocycles. The Hall–Kier alpha value is -3.16. The van der Waals surface area contributed by atoms with Crippen molar-refractivity contribution in [2.45, 2.75) is 27.2 Å². The molecule has 30 heavy (non-hydrogen) atoms. The van der Waals surface area contributed by atoms with Crippen molar-refractivity contribution in [3.8, 4) is 6.07 Å². The van der Waals surface area contributed by atoms with Crippen LogP contribution in [0.25, 0.3) is 6.08 Å². The van der Waals surface area contributed by atoms with Crippen LogP contribution in [0.4, 0.5) is 5.69 Å². The van der Waals surface area contributed by atoms with E-state index in [1.165, 1.54) is 16.7 Å². The van der Waals surface area contributed by atoms with Gasteiger partial charge in [0, 0.05) is 10.2 Å². The van der Waals surface area contributed by atoms with Crippen LogP contribution >= 0.6 is 15.9 Å². The Morgan fingerprint density at radius 3 is 2.23 bits per heavy atom. The summed E-state index contributed by atoms with van der Waals surface area (Å²) in [7, 11) is 0. The Morgan fingerprint density at radius 2 is 1.63 bits per heavy atom. The average molecular weight is 459 g/mol. The quantitative estimate of drug-likeness (QED) is 0.349. The molecule has 4 heteroatoms. The molecule has 3 nitrogen and oxygen atoms in total. The summed E-state index contributed by atoms with van der Waals surface area (Å²) in [6.45, 7) is 6.18. The highest BCUT2D eigenvalue weighted by Crippen LogP contribution is 2.24. The van der Waals surface area contributed by atoms with E-state index in [0.717, 1.165) is 27.6 Å². The van der Waals surface area contributed by atoms with Crippen molar-refractivity contribution >= 4 is 33.6 Å². The van der Waals surface area contributed by atoms with Gasteiger partial charge in [0.1, 0.15) is 11.6 Å². The third-order valence-corrected chi connectivity index (χ3v) is 5.48. The van der Waals surface area contributed by atoms with E-state index in [9.17, 15) is 10.1 Å². The largest absolute Gasteiger partial charge is 0.321 e. The molecule has 0 aromatic heterocycles. The molecule has 1 N–H and O–H groups in total. The molecule has 1 amide bonds. The zero-order valence-electron chi connectivity index (χ0n) is 17.3. The van der Waals surface area contributed by atoms with Gasteiger partial charge >= 0.3 is 0 Å². The van der Waals surface area contributed by atoms with Gasteiger partial charge in [-0.1, -0.05) is 75.1 Å². The monoisotopic (exact) mass is 458 g/mol. The maximum Gasteiger partial charge on any atom is 0.266 e. The molecule has 0 aliphatic carbocycles. The Bertz CT molecular complexity index is 1130. The summed E-state index contributed by atoms with van der Waals surface area (Å²) < 4.78 is 0.951. The number of halogens is 1. The van der Waals surface area contributed by atoms with Crippen molar-refractivity contribution < 1.29 is 4.79 Å². The number of hydrogen-bond acceptors (Lipinski definition) is 2. The molecule has 0 radical (unpaired) electrons. The van der Waals surface area contributed by atoms with Crippen molar-refractivity contribution in [3.63, 3.8) is 0 Å². The van der Waals surface area contributed by atoms with Crippen molar-refractivity contribution in [2.24, 2.45) is 0 Å². The van der Waals surface area contributed by atoms with E-state index < -0.39 is 5.91 Å². The molecular weight excluding hydrogens is 436 g/mol. The third-order valence-electron chi connectivity index (χ3n) is 4.74. The molecule has 0 aliphatic rings. The molecule has 150 valence electrons. The molecule has 0 atom stereocenters. The van der Waals surface area contributed by atoms with Gasteiger partial charge in [-0.3, -0.25) is 4.79 Å². The zero-order chi connectivity index (χ0) is 21.7. The van der Waals surface area contributed by atoms with E-state index in [1.807, 2.05) is 55.5 Å². The second-order valence-corrected chi connectivity index (χ2v) is 8.37. The SMILES string of the molecule is Cc1ccc(NC(=O)/C(C#N)=C/c2ccc(Cc3cc(C)cc(C)c3)c(Br)c2)cc1. The summed E-state index contributed by atoms with van der Waals surface area (Å²) in [5, 5.41) is 12.2. The lowest BCUT2D eigenvalue weighted by Gasteiger charge is -2.09. The van der Waals surface area contributed by atoms with Crippen LogP contribution in [0, 0.1) is 32.1 Å². The van der Waals surface area contributed by atoms with Crippen LogP contribution in [0.15, 0.2) is 70.7 Å². The van der Waals surface area contributed by atoms with Crippen molar-refractivity contribution in [3.05, 3.63) is 104 Å². The first-order valence-electron chi connectivity index (χ1n) is 9.69. The fourth-order valence-corrected chi connectivity index (χ4v) is 3.87. The number of rotatable bonds is 5.